The van der Waals surface area contributed by atoms with Crippen molar-refractivity contribution in [3.05, 3.63) is 114 Å². The second kappa shape index (κ2) is 11.0. The second-order valence-corrected chi connectivity index (χ2v) is 10.1. The Kier molecular flexibility index (Phi) is 8.41. The molecular weight excluding hydrogens is 397 g/mol. The zero-order valence-corrected chi connectivity index (χ0v) is 17.5. The van der Waals surface area contributed by atoms with Crippen molar-refractivity contribution >= 4 is 29.0 Å². The minimum absolute atomic E-state index is 0. The first-order valence-corrected chi connectivity index (χ1v) is 11.3. The number of hydrogen-bond acceptors (Lipinski definition) is 3. The summed E-state index contributed by atoms with van der Waals surface area (Å²) in [6.45, 7) is 2.32. The molecule has 2 N–H and O–H groups in total. The highest BCUT2D eigenvalue weighted by Gasteiger charge is 2.43. The molecule has 0 spiro atoms. The number of imidazole rings is 1. The van der Waals surface area contributed by atoms with E-state index in [2.05, 4.69) is 108 Å². The van der Waals surface area contributed by atoms with Crippen LogP contribution in [0.1, 0.15) is 6.92 Å². The lowest BCUT2D eigenvalue weighted by Crippen LogP contribution is -2.32. The molecule has 0 fully saturated rings. The van der Waals surface area contributed by atoms with Gasteiger partial charge in [-0.05, 0) is 49.5 Å². The fraction of sp³-hybridized carbons (Fsp3) is 0.0870. The van der Waals surface area contributed by atoms with Crippen LogP contribution in [0.15, 0.2) is 104 Å². The van der Waals surface area contributed by atoms with Crippen LogP contribution >= 0.6 is 7.26 Å². The van der Waals surface area contributed by atoms with Crippen molar-refractivity contribution in [2.75, 3.05) is 6.16 Å². The van der Waals surface area contributed by atoms with Crippen LogP contribution < -0.4 is 20.9 Å². The van der Waals surface area contributed by atoms with Gasteiger partial charge in [-0.1, -0.05) is 65.8 Å². The lowest BCUT2D eigenvalue weighted by molar-refractivity contribution is -0.389. The topological polar surface area (TPSA) is 102 Å². The van der Waals surface area contributed by atoms with E-state index in [4.69, 9.17) is 0 Å². The molecule has 0 amide bonds. The first-order chi connectivity index (χ1) is 14.2. The monoisotopic (exact) mass is 421 g/mol. The number of hydrogen-bond donors (Lipinski definition) is 0. The molecule has 4 rings (SSSR count). The summed E-state index contributed by atoms with van der Waals surface area (Å²) in [5.74, 6) is -0.204. The summed E-state index contributed by atoms with van der Waals surface area (Å²) in [7, 11) is -1.53. The fourth-order valence-corrected chi connectivity index (χ4v) is 7.40. The van der Waals surface area contributed by atoms with Gasteiger partial charge in [0.05, 0.1) is 6.16 Å². The predicted octanol–water partition coefficient (Wildman–Crippen LogP) is 3.12. The summed E-state index contributed by atoms with van der Waals surface area (Å²) >= 11 is 0. The lowest BCUT2D eigenvalue weighted by Gasteiger charge is -2.26. The van der Waals surface area contributed by atoms with Crippen LogP contribution in [0.25, 0.3) is 0 Å². The molecule has 0 bridgehead atoms. The van der Waals surface area contributed by atoms with E-state index in [0.29, 0.717) is 0 Å². The Morgan fingerprint density at radius 3 is 1.47 bits per heavy atom. The molecule has 4 aromatic rings. The molecule has 0 unspecified atom stereocenters. The van der Waals surface area contributed by atoms with Gasteiger partial charge in [0.15, 0.2) is 5.82 Å². The summed E-state index contributed by atoms with van der Waals surface area (Å²) < 4.78 is 0. The lowest BCUT2D eigenvalue weighted by atomic mass is 10.4. The van der Waals surface area contributed by atoms with Crippen LogP contribution in [0.5, 0.6) is 0 Å². The normalized spacial score (nSPS) is 10.3. The van der Waals surface area contributed by atoms with Gasteiger partial charge in [0.25, 0.3) is 0 Å². The van der Waals surface area contributed by atoms with Gasteiger partial charge in [-0.3, -0.25) is 0 Å². The number of aromatic nitrogens is 2. The molecule has 6 nitrogen and oxygen atoms in total. The summed E-state index contributed by atoms with van der Waals surface area (Å²) in [4.78, 5) is 15.9. The quantitative estimate of drug-likeness (QED) is 0.281. The summed E-state index contributed by atoms with van der Waals surface area (Å²) in [5, 5.41) is 14.2. The number of nitro groups is 1. The van der Waals surface area contributed by atoms with E-state index in [-0.39, 0.29) is 11.3 Å². The van der Waals surface area contributed by atoms with Crippen molar-refractivity contribution in [3.8, 4) is 0 Å². The minimum Gasteiger partial charge on any atom is -0.446 e. The van der Waals surface area contributed by atoms with E-state index < -0.39 is 12.2 Å². The van der Waals surface area contributed by atoms with Crippen LogP contribution in [0.4, 0.5) is 5.82 Å². The molecule has 7 heteroatoms. The fourth-order valence-electron chi connectivity index (χ4n) is 3.36. The molecular formula is C23H24N3O3P. The Balaban J connectivity index is 0.000000302. The average molecular weight is 421 g/mol. The number of benzene rings is 3. The molecule has 0 saturated carbocycles. The van der Waals surface area contributed by atoms with Crippen LogP contribution in [0, 0.1) is 10.1 Å². The number of nitrogens with zero attached hydrogens (tertiary/aromatic N) is 3. The van der Waals surface area contributed by atoms with E-state index in [0.717, 1.165) is 18.7 Å². The van der Waals surface area contributed by atoms with Gasteiger partial charge in [0.1, 0.15) is 23.2 Å². The largest absolute Gasteiger partial charge is 0.446 e. The molecule has 0 aliphatic heterocycles. The Labute approximate surface area is 176 Å². The maximum Gasteiger partial charge on any atom is 0.158 e. The molecule has 154 valence electrons. The van der Waals surface area contributed by atoms with Crippen molar-refractivity contribution in [1.82, 2.24) is 9.97 Å². The van der Waals surface area contributed by atoms with Crippen LogP contribution in [0.2, 0.25) is 0 Å². The molecule has 1 aromatic heterocycles. The zero-order chi connectivity index (χ0) is 20.5. The first kappa shape index (κ1) is 22.9. The Hall–Kier alpha value is -3.34. The van der Waals surface area contributed by atoms with E-state index in [1.807, 2.05) is 0 Å². The SMILES string of the molecule is CC[P+](c1ccccc1)(c1ccccc1)c1ccccc1.O.O=[N+]([O-])c1c[n-]cn1. The molecule has 3 aromatic carbocycles. The standard InChI is InChI=1S/C20H20P.C3H2N3O2.H2O/c1-2-21(18-12-6-3-7-13-18,19-14-8-4-9-15-19)20-16-10-5-11-17-20;7-6(8)3-1-4-2-5-3;/h3-17H,2H2,1H3;1-2H;1H2/q+1;-1;. The minimum atomic E-state index is -1.53. The van der Waals surface area contributed by atoms with Crippen LogP contribution in [-0.2, 0) is 0 Å². The molecule has 0 saturated heterocycles. The van der Waals surface area contributed by atoms with Crippen molar-refractivity contribution in [2.45, 2.75) is 6.92 Å². The van der Waals surface area contributed by atoms with Crippen LogP contribution in [0.3, 0.4) is 0 Å². The van der Waals surface area contributed by atoms with Crippen molar-refractivity contribution in [1.29, 1.82) is 0 Å². The van der Waals surface area contributed by atoms with E-state index in [9.17, 15) is 10.1 Å². The summed E-state index contributed by atoms with van der Waals surface area (Å²) in [5.41, 5.74) is 0. The molecule has 0 aliphatic carbocycles. The van der Waals surface area contributed by atoms with Gasteiger partial charge in [0.2, 0.25) is 0 Å². The maximum absolute atomic E-state index is 9.77. The average Bonchev–Trinajstić information content (AvgIpc) is 3.33. The van der Waals surface area contributed by atoms with E-state index in [1.165, 1.54) is 15.9 Å². The number of rotatable bonds is 5. The maximum atomic E-state index is 9.77. The van der Waals surface area contributed by atoms with Crippen molar-refractivity contribution in [3.63, 3.8) is 0 Å². The molecule has 0 aliphatic rings. The highest BCUT2D eigenvalue weighted by atomic mass is 31.2. The van der Waals surface area contributed by atoms with Crippen LogP contribution in [-0.4, -0.2) is 21.5 Å². The van der Waals surface area contributed by atoms with Crippen molar-refractivity contribution in [2.24, 2.45) is 0 Å². The molecule has 1 heterocycles. The Bertz CT molecular complexity index is 915. The second-order valence-electron chi connectivity index (χ2n) is 6.27. The van der Waals surface area contributed by atoms with Crippen molar-refractivity contribution < 1.29 is 10.4 Å². The molecule has 0 atom stereocenters. The first-order valence-electron chi connectivity index (χ1n) is 9.30. The predicted molar refractivity (Wildman–Crippen MR) is 124 cm³/mol. The van der Waals surface area contributed by atoms with Gasteiger partial charge in [-0.2, -0.15) is 0 Å². The van der Waals surface area contributed by atoms with Gasteiger partial charge < -0.3 is 25.6 Å². The smallest absolute Gasteiger partial charge is 0.158 e. The highest BCUT2D eigenvalue weighted by molar-refractivity contribution is 7.95. The summed E-state index contributed by atoms with van der Waals surface area (Å²) in [6, 6.07) is 33.0. The zero-order valence-electron chi connectivity index (χ0n) is 16.6. The summed E-state index contributed by atoms with van der Waals surface area (Å²) in [6.07, 6.45) is 3.38. The highest BCUT2D eigenvalue weighted by Crippen LogP contribution is 2.54. The van der Waals surface area contributed by atoms with E-state index in [1.54, 1.807) is 0 Å². The Morgan fingerprint density at radius 1 is 0.833 bits per heavy atom. The van der Waals surface area contributed by atoms with Gasteiger partial charge in [0, 0.05) is 0 Å². The third-order valence-electron chi connectivity index (χ3n) is 4.70. The Morgan fingerprint density at radius 2 is 1.23 bits per heavy atom. The van der Waals surface area contributed by atoms with Gasteiger partial charge in [-0.15, -0.1) is 0 Å². The molecule has 30 heavy (non-hydrogen) atoms. The van der Waals surface area contributed by atoms with E-state index >= 15 is 0 Å². The van der Waals surface area contributed by atoms with Gasteiger partial charge >= 0.3 is 0 Å². The third kappa shape index (κ3) is 4.98. The van der Waals surface area contributed by atoms with Gasteiger partial charge in [-0.25, -0.2) is 0 Å². The third-order valence-corrected chi connectivity index (χ3v) is 9.19. The molecule has 0 radical (unpaired) electrons.